The molecule has 0 saturated carbocycles. The van der Waals surface area contributed by atoms with Crippen molar-refractivity contribution in [1.29, 1.82) is 0 Å². The highest BCUT2D eigenvalue weighted by Crippen LogP contribution is 2.42. The third-order valence-corrected chi connectivity index (χ3v) is 10.8. The SMILES string of the molecule is c1ccc(-c2cccc(N(c3ccc(-c4ccc5c(ccc6ccccc65)c4)cc3)c3ccc(-c4ccc5ccccc5c4-c4ccccc4)cc3)c2)cc1. The van der Waals surface area contributed by atoms with Gasteiger partial charge in [0.25, 0.3) is 0 Å². The zero-order valence-corrected chi connectivity index (χ0v) is 30.3. The highest BCUT2D eigenvalue weighted by atomic mass is 15.1. The van der Waals surface area contributed by atoms with Gasteiger partial charge < -0.3 is 4.90 Å². The molecule has 0 aliphatic rings. The first-order valence-electron chi connectivity index (χ1n) is 18.9. The zero-order chi connectivity index (χ0) is 36.6. The number of hydrogen-bond donors (Lipinski definition) is 0. The first-order chi connectivity index (χ1) is 27.3. The van der Waals surface area contributed by atoms with Gasteiger partial charge in [-0.05, 0) is 119 Å². The molecule has 10 rings (SSSR count). The maximum absolute atomic E-state index is 2.37. The van der Waals surface area contributed by atoms with Crippen molar-refractivity contribution < 1.29 is 0 Å². The summed E-state index contributed by atoms with van der Waals surface area (Å²) >= 11 is 0. The van der Waals surface area contributed by atoms with E-state index in [1.165, 1.54) is 76.8 Å². The van der Waals surface area contributed by atoms with Crippen LogP contribution in [0.4, 0.5) is 17.1 Å². The second-order valence-electron chi connectivity index (χ2n) is 14.1. The van der Waals surface area contributed by atoms with Gasteiger partial charge in [-0.1, -0.05) is 182 Å². The molecule has 1 heteroatoms. The fourth-order valence-corrected chi connectivity index (χ4v) is 8.12. The van der Waals surface area contributed by atoms with E-state index in [2.05, 4.69) is 229 Å². The lowest BCUT2D eigenvalue weighted by Gasteiger charge is -2.26. The molecule has 0 spiro atoms. The molecule has 258 valence electrons. The van der Waals surface area contributed by atoms with Crippen LogP contribution in [-0.4, -0.2) is 0 Å². The summed E-state index contributed by atoms with van der Waals surface area (Å²) in [5.41, 5.74) is 13.0. The van der Waals surface area contributed by atoms with Crippen molar-refractivity contribution in [3.05, 3.63) is 224 Å². The number of rotatable bonds is 7. The molecular weight excluding hydrogens is 663 g/mol. The molecule has 55 heavy (non-hydrogen) atoms. The fourth-order valence-electron chi connectivity index (χ4n) is 8.12. The minimum atomic E-state index is 1.10. The monoisotopic (exact) mass is 699 g/mol. The summed E-state index contributed by atoms with van der Waals surface area (Å²) in [5.74, 6) is 0. The van der Waals surface area contributed by atoms with Gasteiger partial charge in [0.05, 0.1) is 0 Å². The van der Waals surface area contributed by atoms with Crippen LogP contribution in [0.3, 0.4) is 0 Å². The van der Waals surface area contributed by atoms with Gasteiger partial charge in [-0.3, -0.25) is 0 Å². The first kappa shape index (κ1) is 32.4. The molecule has 0 N–H and O–H groups in total. The smallest absolute Gasteiger partial charge is 0.0467 e. The molecule has 0 radical (unpaired) electrons. The molecule has 0 bridgehead atoms. The van der Waals surface area contributed by atoms with E-state index in [0.717, 1.165) is 17.1 Å². The minimum Gasteiger partial charge on any atom is -0.310 e. The van der Waals surface area contributed by atoms with Gasteiger partial charge in [0, 0.05) is 17.1 Å². The van der Waals surface area contributed by atoms with Gasteiger partial charge in [0.2, 0.25) is 0 Å². The van der Waals surface area contributed by atoms with Gasteiger partial charge in [-0.15, -0.1) is 0 Å². The molecule has 0 fully saturated rings. The number of anilines is 3. The van der Waals surface area contributed by atoms with E-state index in [1.54, 1.807) is 0 Å². The Morgan fingerprint density at radius 3 is 1.45 bits per heavy atom. The van der Waals surface area contributed by atoms with Gasteiger partial charge in [0.15, 0.2) is 0 Å². The molecule has 0 amide bonds. The molecule has 0 atom stereocenters. The zero-order valence-electron chi connectivity index (χ0n) is 30.3. The molecule has 0 aliphatic carbocycles. The van der Waals surface area contributed by atoms with Gasteiger partial charge in [0.1, 0.15) is 0 Å². The van der Waals surface area contributed by atoms with Crippen molar-refractivity contribution in [1.82, 2.24) is 0 Å². The van der Waals surface area contributed by atoms with Crippen LogP contribution < -0.4 is 4.90 Å². The highest BCUT2D eigenvalue weighted by molar-refractivity contribution is 6.08. The number of nitrogens with zero attached hydrogens (tertiary/aromatic N) is 1. The van der Waals surface area contributed by atoms with Crippen LogP contribution in [0.5, 0.6) is 0 Å². The van der Waals surface area contributed by atoms with E-state index >= 15 is 0 Å². The normalized spacial score (nSPS) is 11.3. The standard InChI is InChI=1S/C54H37N/c1-3-12-38(13-4-1)44-18-11-19-49(37-44)55(47-30-24-39(25-31-47)45-29-34-51-46(36-45)23-22-40-14-7-9-20-50(40)51)48-32-26-42(27-33-48)53-35-28-41-15-8-10-21-52(41)54(53)43-16-5-2-6-17-43/h1-37H. The van der Waals surface area contributed by atoms with E-state index in [9.17, 15) is 0 Å². The van der Waals surface area contributed by atoms with Crippen LogP contribution in [0.2, 0.25) is 0 Å². The topological polar surface area (TPSA) is 3.24 Å². The van der Waals surface area contributed by atoms with Gasteiger partial charge in [-0.25, -0.2) is 0 Å². The lowest BCUT2D eigenvalue weighted by Crippen LogP contribution is -2.10. The van der Waals surface area contributed by atoms with E-state index in [0.29, 0.717) is 0 Å². The fraction of sp³-hybridized carbons (Fsp3) is 0. The Labute approximate surface area is 322 Å². The molecule has 10 aromatic rings. The molecule has 0 heterocycles. The van der Waals surface area contributed by atoms with Crippen LogP contribution in [0, 0.1) is 0 Å². The van der Waals surface area contributed by atoms with Crippen LogP contribution >= 0.6 is 0 Å². The summed E-state index contributed by atoms with van der Waals surface area (Å²) in [5, 5.41) is 7.59. The largest absolute Gasteiger partial charge is 0.310 e. The summed E-state index contributed by atoms with van der Waals surface area (Å²) in [6.07, 6.45) is 0. The Bertz CT molecular complexity index is 2950. The van der Waals surface area contributed by atoms with Crippen LogP contribution in [0.15, 0.2) is 224 Å². The molecule has 0 unspecified atom stereocenters. The summed E-state index contributed by atoms with van der Waals surface area (Å²) in [7, 11) is 0. The van der Waals surface area contributed by atoms with Crippen LogP contribution in [0.25, 0.3) is 76.8 Å². The van der Waals surface area contributed by atoms with Crippen molar-refractivity contribution in [2.24, 2.45) is 0 Å². The number of hydrogen-bond acceptors (Lipinski definition) is 1. The van der Waals surface area contributed by atoms with Crippen molar-refractivity contribution >= 4 is 49.4 Å². The van der Waals surface area contributed by atoms with Crippen molar-refractivity contribution in [3.8, 4) is 44.5 Å². The van der Waals surface area contributed by atoms with Crippen LogP contribution in [0.1, 0.15) is 0 Å². The summed E-state index contributed by atoms with van der Waals surface area (Å²) in [4.78, 5) is 2.37. The molecule has 1 nitrogen and oxygen atoms in total. The van der Waals surface area contributed by atoms with E-state index in [-0.39, 0.29) is 0 Å². The highest BCUT2D eigenvalue weighted by Gasteiger charge is 2.16. The number of benzene rings is 10. The average Bonchev–Trinajstić information content (AvgIpc) is 3.27. The molecule has 0 saturated heterocycles. The van der Waals surface area contributed by atoms with E-state index < -0.39 is 0 Å². The molecule has 0 aromatic heterocycles. The Hall–Kier alpha value is -7.22. The second-order valence-corrected chi connectivity index (χ2v) is 14.1. The van der Waals surface area contributed by atoms with E-state index in [1.807, 2.05) is 0 Å². The van der Waals surface area contributed by atoms with Gasteiger partial charge in [-0.2, -0.15) is 0 Å². The average molecular weight is 700 g/mol. The van der Waals surface area contributed by atoms with Gasteiger partial charge >= 0.3 is 0 Å². The first-order valence-corrected chi connectivity index (χ1v) is 18.9. The lowest BCUT2D eigenvalue weighted by atomic mass is 9.90. The second kappa shape index (κ2) is 14.0. The maximum Gasteiger partial charge on any atom is 0.0467 e. The van der Waals surface area contributed by atoms with Crippen LogP contribution in [-0.2, 0) is 0 Å². The Morgan fingerprint density at radius 2 is 0.727 bits per heavy atom. The Morgan fingerprint density at radius 1 is 0.236 bits per heavy atom. The van der Waals surface area contributed by atoms with Crippen molar-refractivity contribution in [2.75, 3.05) is 4.90 Å². The van der Waals surface area contributed by atoms with Crippen molar-refractivity contribution in [2.45, 2.75) is 0 Å². The lowest BCUT2D eigenvalue weighted by molar-refractivity contribution is 1.28. The maximum atomic E-state index is 2.37. The molecule has 0 aliphatic heterocycles. The third kappa shape index (κ3) is 6.12. The third-order valence-electron chi connectivity index (χ3n) is 10.8. The molecular formula is C54H37N. The summed E-state index contributed by atoms with van der Waals surface area (Å²) in [6.45, 7) is 0. The number of fused-ring (bicyclic) bond motifs is 4. The predicted octanol–water partition coefficient (Wildman–Crippen LogP) is 15.3. The van der Waals surface area contributed by atoms with Crippen molar-refractivity contribution in [3.63, 3.8) is 0 Å². The Balaban J connectivity index is 1.06. The minimum absolute atomic E-state index is 1.10. The predicted molar refractivity (Wildman–Crippen MR) is 235 cm³/mol. The Kier molecular flexibility index (Phi) is 8.24. The summed E-state index contributed by atoms with van der Waals surface area (Å²) < 4.78 is 0. The summed E-state index contributed by atoms with van der Waals surface area (Å²) in [6, 6.07) is 81.4. The quantitative estimate of drug-likeness (QED) is 0.150. The molecule has 10 aromatic carbocycles. The van der Waals surface area contributed by atoms with E-state index in [4.69, 9.17) is 0 Å².